The molecular formula is C16H19NO2S. The van der Waals surface area contributed by atoms with Crippen molar-refractivity contribution in [3.8, 4) is 0 Å². The molecule has 0 saturated heterocycles. The van der Waals surface area contributed by atoms with Crippen molar-refractivity contribution in [3.05, 3.63) is 51.0 Å². The van der Waals surface area contributed by atoms with Crippen molar-refractivity contribution in [2.24, 2.45) is 0 Å². The lowest BCUT2D eigenvalue weighted by molar-refractivity contribution is 0.0695. The van der Waals surface area contributed by atoms with E-state index in [1.165, 1.54) is 0 Å². The van der Waals surface area contributed by atoms with Gasteiger partial charge < -0.3 is 5.11 Å². The monoisotopic (exact) mass is 289 g/mol. The summed E-state index contributed by atoms with van der Waals surface area (Å²) >= 11 is 1.59. The van der Waals surface area contributed by atoms with Crippen molar-refractivity contribution in [2.75, 3.05) is 0 Å². The van der Waals surface area contributed by atoms with Gasteiger partial charge in [-0.1, -0.05) is 38.5 Å². The zero-order valence-electron chi connectivity index (χ0n) is 12.2. The predicted molar refractivity (Wildman–Crippen MR) is 81.8 cm³/mol. The van der Waals surface area contributed by atoms with Crippen LogP contribution in [0.1, 0.15) is 53.0 Å². The first-order valence-electron chi connectivity index (χ1n) is 6.55. The first-order chi connectivity index (χ1) is 9.27. The minimum atomic E-state index is -0.878. The molecular weight excluding hydrogens is 270 g/mol. The molecule has 0 bridgehead atoms. The second kappa shape index (κ2) is 5.37. The minimum absolute atomic E-state index is 0.0255. The molecule has 2 aromatic rings. The average Bonchev–Trinajstić information content (AvgIpc) is 2.79. The lowest BCUT2D eigenvalue weighted by atomic mass is 9.93. The Kier molecular flexibility index (Phi) is 3.95. The van der Waals surface area contributed by atoms with Crippen molar-refractivity contribution >= 4 is 17.3 Å². The molecule has 0 radical (unpaired) electrons. The summed E-state index contributed by atoms with van der Waals surface area (Å²) in [6.45, 7) is 8.28. The molecule has 0 fully saturated rings. The van der Waals surface area contributed by atoms with Crippen LogP contribution in [0.3, 0.4) is 0 Å². The van der Waals surface area contributed by atoms with E-state index in [1.807, 2.05) is 19.1 Å². The highest BCUT2D eigenvalue weighted by Gasteiger charge is 2.18. The van der Waals surface area contributed by atoms with Gasteiger partial charge in [-0.3, -0.25) is 0 Å². The number of aromatic carboxylic acids is 1. The first-order valence-corrected chi connectivity index (χ1v) is 7.43. The smallest absolute Gasteiger partial charge is 0.335 e. The van der Waals surface area contributed by atoms with Crippen LogP contribution in [0.5, 0.6) is 0 Å². The van der Waals surface area contributed by atoms with Gasteiger partial charge >= 0.3 is 5.97 Å². The second-order valence-corrected chi connectivity index (χ2v) is 6.96. The number of thiazole rings is 1. The first kappa shape index (κ1) is 14.7. The summed E-state index contributed by atoms with van der Waals surface area (Å²) in [7, 11) is 0. The van der Waals surface area contributed by atoms with Crippen molar-refractivity contribution in [1.29, 1.82) is 0 Å². The molecule has 106 valence electrons. The van der Waals surface area contributed by atoms with Gasteiger partial charge in [0.25, 0.3) is 0 Å². The molecule has 3 nitrogen and oxygen atoms in total. The summed E-state index contributed by atoms with van der Waals surface area (Å²) in [5.74, 6) is -0.878. The van der Waals surface area contributed by atoms with E-state index in [0.29, 0.717) is 12.0 Å². The molecule has 0 amide bonds. The maximum atomic E-state index is 11.3. The van der Waals surface area contributed by atoms with Gasteiger partial charge in [-0.2, -0.15) is 0 Å². The van der Waals surface area contributed by atoms with Gasteiger partial charge in [0.2, 0.25) is 0 Å². The van der Waals surface area contributed by atoms with E-state index < -0.39 is 5.97 Å². The summed E-state index contributed by atoms with van der Waals surface area (Å²) in [5, 5.41) is 12.3. The van der Waals surface area contributed by atoms with E-state index in [-0.39, 0.29) is 5.41 Å². The van der Waals surface area contributed by atoms with Crippen LogP contribution in [0.4, 0.5) is 0 Å². The number of nitrogens with zero attached hydrogens (tertiary/aromatic N) is 1. The highest BCUT2D eigenvalue weighted by atomic mass is 32.1. The minimum Gasteiger partial charge on any atom is -0.478 e. The molecule has 0 saturated carbocycles. The largest absolute Gasteiger partial charge is 0.478 e. The van der Waals surface area contributed by atoms with Crippen LogP contribution in [0.25, 0.3) is 0 Å². The molecule has 1 aromatic heterocycles. The van der Waals surface area contributed by atoms with Crippen LogP contribution in [-0.2, 0) is 11.8 Å². The van der Waals surface area contributed by atoms with E-state index in [9.17, 15) is 9.90 Å². The van der Waals surface area contributed by atoms with Crippen LogP contribution in [0.2, 0.25) is 0 Å². The summed E-state index contributed by atoms with van der Waals surface area (Å²) in [6, 6.07) is 5.55. The Morgan fingerprint density at radius 2 is 2.05 bits per heavy atom. The van der Waals surface area contributed by atoms with Gasteiger partial charge in [-0.15, -0.1) is 11.3 Å². The highest BCUT2D eigenvalue weighted by Crippen LogP contribution is 2.26. The molecule has 0 aliphatic rings. The lowest BCUT2D eigenvalue weighted by Gasteiger charge is -2.14. The molecule has 0 aliphatic carbocycles. The van der Waals surface area contributed by atoms with Crippen LogP contribution in [0.15, 0.2) is 23.6 Å². The van der Waals surface area contributed by atoms with E-state index in [1.54, 1.807) is 17.4 Å². The number of benzene rings is 1. The normalized spacial score (nSPS) is 11.6. The number of hydrogen-bond donors (Lipinski definition) is 1. The van der Waals surface area contributed by atoms with Gasteiger partial charge in [-0.05, 0) is 18.6 Å². The number of carboxylic acid groups (broad SMARTS) is 1. The predicted octanol–water partition coefficient (Wildman–Crippen LogP) is 4.04. The van der Waals surface area contributed by atoms with Crippen LogP contribution in [0, 0.1) is 6.92 Å². The van der Waals surface area contributed by atoms with Crippen molar-refractivity contribution in [3.63, 3.8) is 0 Å². The zero-order valence-corrected chi connectivity index (χ0v) is 13.0. The van der Waals surface area contributed by atoms with E-state index >= 15 is 0 Å². The molecule has 1 N–H and O–H groups in total. The maximum absolute atomic E-state index is 11.3. The maximum Gasteiger partial charge on any atom is 0.335 e. The van der Waals surface area contributed by atoms with E-state index in [2.05, 4.69) is 31.1 Å². The van der Waals surface area contributed by atoms with E-state index in [4.69, 9.17) is 0 Å². The molecule has 2 rings (SSSR count). The van der Waals surface area contributed by atoms with Gasteiger partial charge in [-0.25, -0.2) is 9.78 Å². The third kappa shape index (κ3) is 3.25. The standard InChI is InChI=1S/C16H19NO2S/c1-10-5-6-11(12(7-10)15(18)19)8-14-17-13(9-20-14)16(2,3)4/h5-7,9H,8H2,1-4H3,(H,18,19). The molecule has 1 heterocycles. The third-order valence-electron chi connectivity index (χ3n) is 3.16. The summed E-state index contributed by atoms with van der Waals surface area (Å²) < 4.78 is 0. The van der Waals surface area contributed by atoms with Crippen LogP contribution < -0.4 is 0 Å². The summed E-state index contributed by atoms with van der Waals surface area (Å²) in [5.41, 5.74) is 3.23. The third-order valence-corrected chi connectivity index (χ3v) is 4.01. The Labute approximate surface area is 123 Å². The summed E-state index contributed by atoms with van der Waals surface area (Å²) in [6.07, 6.45) is 0.572. The van der Waals surface area contributed by atoms with Crippen LogP contribution in [-0.4, -0.2) is 16.1 Å². The van der Waals surface area contributed by atoms with Crippen molar-refractivity contribution in [2.45, 2.75) is 39.5 Å². The Hall–Kier alpha value is -1.68. The Morgan fingerprint density at radius 3 is 2.60 bits per heavy atom. The highest BCUT2D eigenvalue weighted by molar-refractivity contribution is 7.09. The zero-order chi connectivity index (χ0) is 14.9. The number of carbonyl (C=O) groups is 1. The molecule has 0 unspecified atom stereocenters. The Bertz CT molecular complexity index is 638. The van der Waals surface area contributed by atoms with Gasteiger partial charge in [0.05, 0.1) is 16.3 Å². The van der Waals surface area contributed by atoms with Gasteiger partial charge in [0.1, 0.15) is 0 Å². The average molecular weight is 289 g/mol. The SMILES string of the molecule is Cc1ccc(Cc2nc(C(C)(C)C)cs2)c(C(=O)O)c1. The Balaban J connectivity index is 2.31. The molecule has 20 heavy (non-hydrogen) atoms. The number of aryl methyl sites for hydroxylation is 1. The molecule has 0 aliphatic heterocycles. The van der Waals surface area contributed by atoms with Crippen LogP contribution >= 0.6 is 11.3 Å². The van der Waals surface area contributed by atoms with Crippen molar-refractivity contribution < 1.29 is 9.90 Å². The Morgan fingerprint density at radius 1 is 1.35 bits per heavy atom. The number of carboxylic acids is 1. The summed E-state index contributed by atoms with van der Waals surface area (Å²) in [4.78, 5) is 15.9. The quantitative estimate of drug-likeness (QED) is 0.927. The number of aromatic nitrogens is 1. The van der Waals surface area contributed by atoms with Gasteiger partial charge in [0, 0.05) is 17.2 Å². The second-order valence-electron chi connectivity index (χ2n) is 6.02. The molecule has 0 atom stereocenters. The fraction of sp³-hybridized carbons (Fsp3) is 0.375. The van der Waals surface area contributed by atoms with Crippen molar-refractivity contribution in [1.82, 2.24) is 4.98 Å². The molecule has 4 heteroatoms. The van der Waals surface area contributed by atoms with Gasteiger partial charge in [0.15, 0.2) is 0 Å². The fourth-order valence-corrected chi connectivity index (χ4v) is 2.99. The lowest BCUT2D eigenvalue weighted by Crippen LogP contribution is -2.11. The topological polar surface area (TPSA) is 50.2 Å². The number of rotatable bonds is 3. The van der Waals surface area contributed by atoms with E-state index in [0.717, 1.165) is 21.8 Å². The fourth-order valence-electron chi connectivity index (χ4n) is 1.94. The molecule has 1 aromatic carbocycles. The number of hydrogen-bond acceptors (Lipinski definition) is 3. The molecule has 0 spiro atoms.